The number of aliphatic hydroxyl groups excluding tert-OH is 1. The third-order valence-corrected chi connectivity index (χ3v) is 4.05. The summed E-state index contributed by atoms with van der Waals surface area (Å²) in [5, 5.41) is 10.2. The van der Waals surface area contributed by atoms with Crippen LogP contribution in [0.4, 0.5) is 0 Å². The second-order valence-corrected chi connectivity index (χ2v) is 5.90. The smallest absolute Gasteiger partial charge is 0.338 e. The molecule has 0 atom stereocenters. The molecule has 1 aliphatic heterocycles. The quantitative estimate of drug-likeness (QED) is 0.852. The molecule has 0 radical (unpaired) electrons. The maximum atomic E-state index is 12.3. The molecule has 0 spiro atoms. The summed E-state index contributed by atoms with van der Waals surface area (Å²) in [4.78, 5) is 26.0. The Labute approximate surface area is 146 Å². The molecule has 25 heavy (non-hydrogen) atoms. The van der Waals surface area contributed by atoms with Crippen LogP contribution in [0.25, 0.3) is 0 Å². The first-order valence-corrected chi connectivity index (χ1v) is 8.07. The van der Waals surface area contributed by atoms with E-state index in [2.05, 4.69) is 0 Å². The SMILES string of the molecule is O=C(OCc1ccccc1)C1=C(O)CN(Cc2ccccc2)C(=O)C1. The molecule has 2 aromatic carbocycles. The lowest BCUT2D eigenvalue weighted by atomic mass is 10.0. The van der Waals surface area contributed by atoms with Crippen molar-refractivity contribution >= 4 is 11.9 Å². The Bertz CT molecular complexity index is 784. The highest BCUT2D eigenvalue weighted by Gasteiger charge is 2.30. The number of esters is 1. The minimum Gasteiger partial charge on any atom is -0.510 e. The van der Waals surface area contributed by atoms with E-state index in [1.165, 1.54) is 4.90 Å². The standard InChI is InChI=1S/C20H19NO4/c22-18-13-21(12-15-7-3-1-4-8-15)19(23)11-17(18)20(24)25-14-16-9-5-2-6-10-16/h1-10,22H,11-14H2. The molecule has 1 aliphatic rings. The number of ether oxygens (including phenoxy) is 1. The number of carbonyl (C=O) groups is 2. The van der Waals surface area contributed by atoms with Crippen molar-refractivity contribution < 1.29 is 19.4 Å². The number of nitrogens with zero attached hydrogens (tertiary/aromatic N) is 1. The lowest BCUT2D eigenvalue weighted by molar-refractivity contribution is -0.143. The predicted molar refractivity (Wildman–Crippen MR) is 92.4 cm³/mol. The summed E-state index contributed by atoms with van der Waals surface area (Å²) in [5.41, 5.74) is 1.87. The van der Waals surface area contributed by atoms with Crippen molar-refractivity contribution in [3.05, 3.63) is 83.1 Å². The van der Waals surface area contributed by atoms with E-state index in [1.807, 2.05) is 60.7 Å². The van der Waals surface area contributed by atoms with Crippen LogP contribution in [-0.2, 0) is 27.5 Å². The van der Waals surface area contributed by atoms with Crippen LogP contribution in [0.1, 0.15) is 17.5 Å². The molecular formula is C20H19NO4. The number of rotatable bonds is 5. The summed E-state index contributed by atoms with van der Waals surface area (Å²) in [7, 11) is 0. The Morgan fingerprint density at radius 3 is 2.24 bits per heavy atom. The van der Waals surface area contributed by atoms with Crippen molar-refractivity contribution in [3.8, 4) is 0 Å². The van der Waals surface area contributed by atoms with Crippen molar-refractivity contribution in [2.45, 2.75) is 19.6 Å². The van der Waals surface area contributed by atoms with Crippen molar-refractivity contribution in [1.82, 2.24) is 4.90 Å². The van der Waals surface area contributed by atoms with E-state index < -0.39 is 5.97 Å². The van der Waals surface area contributed by atoms with Crippen LogP contribution in [0.5, 0.6) is 0 Å². The van der Waals surface area contributed by atoms with Crippen LogP contribution in [0.3, 0.4) is 0 Å². The highest BCUT2D eigenvalue weighted by Crippen LogP contribution is 2.21. The molecule has 1 amide bonds. The lowest BCUT2D eigenvalue weighted by Gasteiger charge is -2.27. The Morgan fingerprint density at radius 1 is 1.00 bits per heavy atom. The van der Waals surface area contributed by atoms with Gasteiger partial charge in [0, 0.05) is 6.54 Å². The molecule has 5 nitrogen and oxygen atoms in total. The van der Waals surface area contributed by atoms with Gasteiger partial charge in [0.05, 0.1) is 18.5 Å². The first-order chi connectivity index (χ1) is 12.1. The van der Waals surface area contributed by atoms with Crippen LogP contribution in [0, 0.1) is 0 Å². The molecule has 0 bridgehead atoms. The zero-order valence-electron chi connectivity index (χ0n) is 13.7. The van der Waals surface area contributed by atoms with E-state index >= 15 is 0 Å². The van der Waals surface area contributed by atoms with Crippen molar-refractivity contribution in [2.75, 3.05) is 6.54 Å². The first kappa shape index (κ1) is 16.8. The van der Waals surface area contributed by atoms with E-state index in [0.717, 1.165) is 11.1 Å². The fourth-order valence-electron chi connectivity index (χ4n) is 2.68. The first-order valence-electron chi connectivity index (χ1n) is 8.07. The van der Waals surface area contributed by atoms with Crippen LogP contribution in [0.15, 0.2) is 72.0 Å². The van der Waals surface area contributed by atoms with Gasteiger partial charge >= 0.3 is 5.97 Å². The lowest BCUT2D eigenvalue weighted by Crippen LogP contribution is -2.38. The summed E-state index contributed by atoms with van der Waals surface area (Å²) in [6, 6.07) is 18.8. The number of hydrogen-bond acceptors (Lipinski definition) is 4. The van der Waals surface area contributed by atoms with Crippen LogP contribution >= 0.6 is 0 Å². The number of amides is 1. The van der Waals surface area contributed by atoms with Crippen molar-refractivity contribution in [1.29, 1.82) is 0 Å². The van der Waals surface area contributed by atoms with Gasteiger partial charge in [-0.25, -0.2) is 4.79 Å². The molecule has 0 fully saturated rings. The summed E-state index contributed by atoms with van der Waals surface area (Å²) < 4.78 is 5.21. The van der Waals surface area contributed by atoms with Gasteiger partial charge in [-0.05, 0) is 11.1 Å². The topological polar surface area (TPSA) is 66.8 Å². The molecular weight excluding hydrogens is 318 g/mol. The average molecular weight is 337 g/mol. The van der Waals surface area contributed by atoms with E-state index in [1.54, 1.807) is 0 Å². The van der Waals surface area contributed by atoms with E-state index in [9.17, 15) is 14.7 Å². The summed E-state index contributed by atoms with van der Waals surface area (Å²) in [6.45, 7) is 0.526. The molecule has 5 heteroatoms. The molecule has 0 aliphatic carbocycles. The molecule has 128 valence electrons. The van der Waals surface area contributed by atoms with Crippen molar-refractivity contribution in [2.24, 2.45) is 0 Å². The monoisotopic (exact) mass is 337 g/mol. The maximum Gasteiger partial charge on any atom is 0.338 e. The summed E-state index contributed by atoms with van der Waals surface area (Å²) in [5.74, 6) is -0.948. The second kappa shape index (κ2) is 7.66. The highest BCUT2D eigenvalue weighted by atomic mass is 16.5. The fraction of sp³-hybridized carbons (Fsp3) is 0.200. The van der Waals surface area contributed by atoms with Crippen LogP contribution < -0.4 is 0 Å². The van der Waals surface area contributed by atoms with Crippen LogP contribution in [-0.4, -0.2) is 28.4 Å². The summed E-state index contributed by atoms with van der Waals surface area (Å²) in [6.07, 6.45) is -0.147. The Hall–Kier alpha value is -3.08. The van der Waals surface area contributed by atoms with E-state index in [4.69, 9.17) is 4.74 Å². The van der Waals surface area contributed by atoms with Gasteiger partial charge in [-0.1, -0.05) is 60.7 Å². The predicted octanol–water partition coefficient (Wildman–Crippen LogP) is 2.97. The largest absolute Gasteiger partial charge is 0.510 e. The van der Waals surface area contributed by atoms with Gasteiger partial charge in [0.1, 0.15) is 12.4 Å². The third kappa shape index (κ3) is 4.26. The highest BCUT2D eigenvalue weighted by molar-refractivity contribution is 5.97. The maximum absolute atomic E-state index is 12.3. The summed E-state index contributed by atoms with van der Waals surface area (Å²) >= 11 is 0. The Balaban J connectivity index is 1.63. The van der Waals surface area contributed by atoms with Gasteiger partial charge in [0.2, 0.25) is 5.91 Å². The fourth-order valence-corrected chi connectivity index (χ4v) is 2.68. The van der Waals surface area contributed by atoms with Crippen LogP contribution in [0.2, 0.25) is 0 Å². The Morgan fingerprint density at radius 2 is 1.60 bits per heavy atom. The van der Waals surface area contributed by atoms with Gasteiger partial charge in [0.25, 0.3) is 0 Å². The molecule has 0 unspecified atom stereocenters. The van der Waals surface area contributed by atoms with Gasteiger partial charge in [0.15, 0.2) is 0 Å². The third-order valence-electron chi connectivity index (χ3n) is 4.05. The number of aliphatic hydroxyl groups is 1. The van der Waals surface area contributed by atoms with Crippen molar-refractivity contribution in [3.63, 3.8) is 0 Å². The van der Waals surface area contributed by atoms with E-state index in [-0.39, 0.29) is 36.8 Å². The minimum atomic E-state index is -0.644. The molecule has 2 aromatic rings. The van der Waals surface area contributed by atoms with E-state index in [0.29, 0.717) is 6.54 Å². The normalized spacial score (nSPS) is 14.6. The zero-order chi connectivity index (χ0) is 17.6. The van der Waals surface area contributed by atoms with Gasteiger partial charge in [-0.3, -0.25) is 4.79 Å². The van der Waals surface area contributed by atoms with Gasteiger partial charge < -0.3 is 14.7 Å². The minimum absolute atomic E-state index is 0.0174. The number of benzene rings is 2. The second-order valence-electron chi connectivity index (χ2n) is 5.90. The zero-order valence-corrected chi connectivity index (χ0v) is 13.7. The van der Waals surface area contributed by atoms with Gasteiger partial charge in [-0.15, -0.1) is 0 Å². The number of hydrogen-bond donors (Lipinski definition) is 1. The molecule has 0 aromatic heterocycles. The Kier molecular flexibility index (Phi) is 5.14. The molecule has 0 saturated heterocycles. The number of carbonyl (C=O) groups excluding carboxylic acids is 2. The molecule has 0 saturated carbocycles. The molecule has 3 rings (SSSR count). The molecule has 1 heterocycles. The van der Waals surface area contributed by atoms with Gasteiger partial charge in [-0.2, -0.15) is 0 Å². The molecule has 1 N–H and O–H groups in total. The average Bonchev–Trinajstić information content (AvgIpc) is 2.64.